The lowest BCUT2D eigenvalue weighted by Gasteiger charge is -2.38. The highest BCUT2D eigenvalue weighted by atomic mass is 35.5. The van der Waals surface area contributed by atoms with Crippen LogP contribution in [-0.2, 0) is 41.6 Å². The monoisotopic (exact) mass is 729 g/mol. The lowest BCUT2D eigenvalue weighted by molar-refractivity contribution is -0.148. The van der Waals surface area contributed by atoms with Gasteiger partial charge in [-0.3, -0.25) is 14.4 Å². The molecule has 13 heteroatoms. The number of amides is 1. The SMILES string of the molecule is O=NSC1(CN(Cc2ccccc2)C(=O)CCC(=O)OCCOCCOC(=O)Cc2ccccc2Nc2c(Cl)cccc2Cl)CCCCC1. The molecule has 0 radical (unpaired) electrons. The highest BCUT2D eigenvalue weighted by Crippen LogP contribution is 2.41. The molecule has 0 aliphatic heterocycles. The van der Waals surface area contributed by atoms with Gasteiger partial charge in [0.25, 0.3) is 0 Å². The number of carbonyl (C=O) groups is 3. The third-order valence-corrected chi connectivity index (χ3v) is 9.77. The largest absolute Gasteiger partial charge is 0.463 e. The van der Waals surface area contributed by atoms with Crippen molar-refractivity contribution >= 4 is 64.4 Å². The van der Waals surface area contributed by atoms with Gasteiger partial charge in [-0.25, -0.2) is 0 Å². The first-order valence-electron chi connectivity index (χ1n) is 16.3. The lowest BCUT2D eigenvalue weighted by Crippen LogP contribution is -2.44. The van der Waals surface area contributed by atoms with Crippen molar-refractivity contribution in [2.24, 2.45) is 4.58 Å². The van der Waals surface area contributed by atoms with E-state index in [1.54, 1.807) is 23.1 Å². The highest BCUT2D eigenvalue weighted by Gasteiger charge is 2.37. The van der Waals surface area contributed by atoms with E-state index in [-0.39, 0.29) is 51.6 Å². The summed E-state index contributed by atoms with van der Waals surface area (Å²) >= 11 is 13.6. The number of nitrogens with one attached hydrogen (secondary N) is 1. The minimum Gasteiger partial charge on any atom is -0.463 e. The zero-order valence-corrected chi connectivity index (χ0v) is 29.6. The van der Waals surface area contributed by atoms with E-state index in [0.717, 1.165) is 49.6 Å². The van der Waals surface area contributed by atoms with Gasteiger partial charge in [0.05, 0.1) is 46.5 Å². The van der Waals surface area contributed by atoms with E-state index in [1.165, 1.54) is 0 Å². The third-order valence-electron chi connectivity index (χ3n) is 8.14. The van der Waals surface area contributed by atoms with Gasteiger partial charge in [-0.15, -0.1) is 4.91 Å². The van der Waals surface area contributed by atoms with Crippen LogP contribution < -0.4 is 5.32 Å². The molecule has 1 aliphatic rings. The van der Waals surface area contributed by atoms with Crippen LogP contribution in [0.4, 0.5) is 11.4 Å². The van der Waals surface area contributed by atoms with Crippen molar-refractivity contribution in [2.75, 3.05) is 38.3 Å². The molecule has 0 spiro atoms. The summed E-state index contributed by atoms with van der Waals surface area (Å²) < 4.78 is 18.8. The van der Waals surface area contributed by atoms with Crippen molar-refractivity contribution in [3.63, 3.8) is 0 Å². The molecule has 3 aromatic carbocycles. The summed E-state index contributed by atoms with van der Waals surface area (Å²) in [6.07, 6.45) is 4.64. The lowest BCUT2D eigenvalue weighted by atomic mass is 9.87. The standard InChI is InChI=1S/C36H41Cl2N3O7S/c37-29-13-9-14-30(38)35(29)39-31-15-6-5-12-28(31)24-34(44)48-23-21-46-20-22-47-33(43)17-16-32(42)41(25-27-10-3-1-4-11-27)26-36(49-40-45)18-7-2-8-19-36/h1,3-6,9-15,39H,2,7-8,16-26H2. The molecular formula is C36H41Cl2N3O7S. The van der Waals surface area contributed by atoms with Gasteiger partial charge >= 0.3 is 11.9 Å². The minimum atomic E-state index is -0.510. The summed E-state index contributed by atoms with van der Waals surface area (Å²) in [5, 5.41) is 4.11. The van der Waals surface area contributed by atoms with Crippen LogP contribution in [-0.4, -0.2) is 60.5 Å². The van der Waals surface area contributed by atoms with Crippen LogP contribution in [0, 0.1) is 4.91 Å². The molecule has 1 fully saturated rings. The average Bonchev–Trinajstić information content (AvgIpc) is 3.10. The first-order chi connectivity index (χ1) is 23.8. The Bertz CT molecular complexity index is 1520. The fraction of sp³-hybridized carbons (Fsp3) is 0.417. The molecule has 1 amide bonds. The molecule has 262 valence electrons. The van der Waals surface area contributed by atoms with Crippen LogP contribution in [0.2, 0.25) is 10.0 Å². The van der Waals surface area contributed by atoms with Crippen LogP contribution >= 0.6 is 35.1 Å². The molecule has 0 aromatic heterocycles. The van der Waals surface area contributed by atoms with E-state index in [2.05, 4.69) is 9.90 Å². The van der Waals surface area contributed by atoms with Gasteiger partial charge in [-0.1, -0.05) is 97.1 Å². The smallest absolute Gasteiger partial charge is 0.310 e. The zero-order chi connectivity index (χ0) is 34.9. The van der Waals surface area contributed by atoms with Gasteiger partial charge in [0, 0.05) is 41.7 Å². The van der Waals surface area contributed by atoms with Crippen LogP contribution in [0.25, 0.3) is 0 Å². The summed E-state index contributed by atoms with van der Waals surface area (Å²) in [4.78, 5) is 51.3. The number of ether oxygens (including phenoxy) is 3. The quantitative estimate of drug-likeness (QED) is 0.0562. The van der Waals surface area contributed by atoms with Crippen LogP contribution in [0.3, 0.4) is 0 Å². The van der Waals surface area contributed by atoms with Gasteiger partial charge in [0.2, 0.25) is 5.91 Å². The molecule has 1 aliphatic carbocycles. The Morgan fingerprint density at radius 1 is 0.796 bits per heavy atom. The maximum absolute atomic E-state index is 13.3. The predicted octanol–water partition coefficient (Wildman–Crippen LogP) is 8.31. The number of hydrogen-bond donors (Lipinski definition) is 1. The van der Waals surface area contributed by atoms with E-state index in [0.29, 0.717) is 40.1 Å². The van der Waals surface area contributed by atoms with Crippen molar-refractivity contribution in [3.05, 3.63) is 98.9 Å². The Morgan fingerprint density at radius 2 is 1.45 bits per heavy atom. The molecule has 0 atom stereocenters. The van der Waals surface area contributed by atoms with Crippen molar-refractivity contribution in [1.82, 2.24) is 4.90 Å². The Kier molecular flexibility index (Phi) is 15.7. The van der Waals surface area contributed by atoms with E-state index in [4.69, 9.17) is 37.4 Å². The second-order valence-corrected chi connectivity index (χ2v) is 13.8. The first kappa shape index (κ1) is 38.2. The minimum absolute atomic E-state index is 0.00308. The second kappa shape index (κ2) is 20.1. The number of benzene rings is 3. The van der Waals surface area contributed by atoms with Crippen LogP contribution in [0.1, 0.15) is 56.1 Å². The molecule has 3 aromatic rings. The van der Waals surface area contributed by atoms with Crippen molar-refractivity contribution in [1.29, 1.82) is 0 Å². The molecule has 0 heterocycles. The average molecular weight is 731 g/mol. The highest BCUT2D eigenvalue weighted by molar-refractivity contribution is 7.99. The number of esters is 2. The number of para-hydroxylation sites is 2. The maximum Gasteiger partial charge on any atom is 0.310 e. The Hall–Kier alpha value is -3.64. The third kappa shape index (κ3) is 12.6. The van der Waals surface area contributed by atoms with Crippen LogP contribution in [0.15, 0.2) is 77.4 Å². The van der Waals surface area contributed by atoms with Gasteiger partial charge in [-0.05, 0) is 42.2 Å². The number of nitroso groups, excluding NO2 is 1. The fourth-order valence-electron chi connectivity index (χ4n) is 5.66. The maximum atomic E-state index is 13.3. The number of anilines is 2. The Balaban J connectivity index is 1.14. The molecule has 4 rings (SSSR count). The molecule has 1 saturated carbocycles. The Morgan fingerprint density at radius 3 is 2.14 bits per heavy atom. The number of nitrogens with zero attached hydrogens (tertiary/aromatic N) is 2. The molecule has 49 heavy (non-hydrogen) atoms. The van der Waals surface area contributed by atoms with Crippen molar-refractivity contribution < 1.29 is 28.6 Å². The summed E-state index contributed by atoms with van der Waals surface area (Å²) in [5.41, 5.74) is 2.91. The van der Waals surface area contributed by atoms with Gasteiger partial charge in [-0.2, -0.15) is 0 Å². The number of rotatable bonds is 19. The summed E-state index contributed by atoms with van der Waals surface area (Å²) in [7, 11) is 0. The topological polar surface area (TPSA) is 124 Å². The Labute approximate surface area is 301 Å². The number of hydrogen-bond acceptors (Lipinski definition) is 10. The molecule has 0 unspecified atom stereocenters. The molecular weight excluding hydrogens is 689 g/mol. The summed E-state index contributed by atoms with van der Waals surface area (Å²) in [5.74, 6) is -1.12. The number of carbonyl (C=O) groups excluding carboxylic acids is 3. The van der Waals surface area contributed by atoms with Crippen LogP contribution in [0.5, 0.6) is 0 Å². The van der Waals surface area contributed by atoms with Crippen molar-refractivity contribution in [2.45, 2.75) is 62.7 Å². The van der Waals surface area contributed by atoms with E-state index < -0.39 is 16.7 Å². The van der Waals surface area contributed by atoms with E-state index in [9.17, 15) is 19.3 Å². The van der Waals surface area contributed by atoms with Gasteiger partial charge in [0.1, 0.15) is 13.2 Å². The summed E-state index contributed by atoms with van der Waals surface area (Å²) in [6.45, 7) is 1.05. The second-order valence-electron chi connectivity index (χ2n) is 11.8. The normalized spacial score (nSPS) is 13.7. The predicted molar refractivity (Wildman–Crippen MR) is 193 cm³/mol. The zero-order valence-electron chi connectivity index (χ0n) is 27.2. The first-order valence-corrected chi connectivity index (χ1v) is 17.8. The molecule has 1 N–H and O–H groups in total. The van der Waals surface area contributed by atoms with Gasteiger partial charge in [0.15, 0.2) is 0 Å². The van der Waals surface area contributed by atoms with E-state index in [1.807, 2.05) is 54.6 Å². The van der Waals surface area contributed by atoms with E-state index >= 15 is 0 Å². The molecule has 0 saturated heterocycles. The fourth-order valence-corrected chi connectivity index (χ4v) is 7.00. The molecule has 10 nitrogen and oxygen atoms in total. The van der Waals surface area contributed by atoms with Gasteiger partial charge < -0.3 is 24.4 Å². The van der Waals surface area contributed by atoms with Crippen molar-refractivity contribution in [3.8, 4) is 0 Å². The molecule has 0 bridgehead atoms. The summed E-state index contributed by atoms with van der Waals surface area (Å²) in [6, 6.07) is 22.1. The number of halogens is 2.